The van der Waals surface area contributed by atoms with E-state index in [1.54, 1.807) is 24.3 Å². The van der Waals surface area contributed by atoms with E-state index in [0.717, 1.165) is 25.2 Å². The summed E-state index contributed by atoms with van der Waals surface area (Å²) in [4.78, 5) is 26.5. The summed E-state index contributed by atoms with van der Waals surface area (Å²) in [5.41, 5.74) is 1.45. The number of carboxylic acid groups (broad SMARTS) is 1. The molecule has 2 heterocycles. The van der Waals surface area contributed by atoms with Crippen LogP contribution in [0.2, 0.25) is 0 Å². The van der Waals surface area contributed by atoms with Crippen LogP contribution in [0.5, 0.6) is 0 Å². The second kappa shape index (κ2) is 7.05. The first-order valence-corrected chi connectivity index (χ1v) is 8.89. The van der Waals surface area contributed by atoms with E-state index in [-0.39, 0.29) is 11.5 Å². The van der Waals surface area contributed by atoms with Crippen LogP contribution in [-0.2, 0) is 0 Å². The number of hydrogen-bond acceptors (Lipinski definition) is 4. The predicted molar refractivity (Wildman–Crippen MR) is 96.3 cm³/mol. The van der Waals surface area contributed by atoms with Crippen molar-refractivity contribution in [2.45, 2.75) is 19.8 Å². The van der Waals surface area contributed by atoms with Crippen molar-refractivity contribution in [2.24, 2.45) is 5.92 Å². The maximum absolute atomic E-state index is 12.1. The molecule has 0 aliphatic carbocycles. The van der Waals surface area contributed by atoms with Crippen LogP contribution in [0.15, 0.2) is 35.7 Å². The van der Waals surface area contributed by atoms with Gasteiger partial charge in [-0.15, -0.1) is 11.3 Å². The summed E-state index contributed by atoms with van der Waals surface area (Å²) >= 11 is 1.35. The van der Waals surface area contributed by atoms with Gasteiger partial charge in [-0.3, -0.25) is 4.79 Å². The number of piperidine rings is 1. The maximum atomic E-state index is 12.1. The monoisotopic (exact) mass is 344 g/mol. The Labute approximate surface area is 144 Å². The third kappa shape index (κ3) is 3.59. The Morgan fingerprint density at radius 2 is 2.17 bits per heavy atom. The number of nitrogens with zero attached hydrogens (tertiary/aromatic N) is 1. The first-order valence-electron chi connectivity index (χ1n) is 8.01. The molecule has 1 aromatic carbocycles. The van der Waals surface area contributed by atoms with E-state index < -0.39 is 5.97 Å². The summed E-state index contributed by atoms with van der Waals surface area (Å²) in [5.74, 6) is -0.644. The summed E-state index contributed by atoms with van der Waals surface area (Å²) in [6, 6.07) is 8.66. The van der Waals surface area contributed by atoms with Gasteiger partial charge in [0.05, 0.1) is 16.1 Å². The highest BCUT2D eigenvalue weighted by molar-refractivity contribution is 7.12. The summed E-state index contributed by atoms with van der Waals surface area (Å²) in [6.45, 7) is 3.91. The zero-order chi connectivity index (χ0) is 17.1. The van der Waals surface area contributed by atoms with Gasteiger partial charge >= 0.3 is 5.97 Å². The number of benzene rings is 1. The van der Waals surface area contributed by atoms with Crippen LogP contribution in [0.25, 0.3) is 0 Å². The van der Waals surface area contributed by atoms with Crippen LogP contribution in [0.4, 0.5) is 11.4 Å². The Morgan fingerprint density at radius 3 is 2.83 bits per heavy atom. The lowest BCUT2D eigenvalue weighted by atomic mass is 9.98. The van der Waals surface area contributed by atoms with E-state index in [9.17, 15) is 14.7 Å². The quantitative estimate of drug-likeness (QED) is 0.881. The number of rotatable bonds is 4. The zero-order valence-electron chi connectivity index (χ0n) is 13.5. The molecule has 1 fully saturated rings. The molecule has 5 nitrogen and oxygen atoms in total. The maximum Gasteiger partial charge on any atom is 0.337 e. The van der Waals surface area contributed by atoms with Gasteiger partial charge in [-0.05, 0) is 48.4 Å². The van der Waals surface area contributed by atoms with E-state index in [1.165, 1.54) is 17.8 Å². The molecule has 3 rings (SSSR count). The van der Waals surface area contributed by atoms with Crippen molar-refractivity contribution in [3.8, 4) is 0 Å². The van der Waals surface area contributed by atoms with Crippen LogP contribution < -0.4 is 10.2 Å². The molecule has 1 saturated heterocycles. The highest BCUT2D eigenvalue weighted by atomic mass is 32.1. The number of carbonyl (C=O) groups excluding carboxylic acids is 1. The highest BCUT2D eigenvalue weighted by Crippen LogP contribution is 2.29. The fraction of sp³-hybridized carbons (Fsp3) is 0.333. The zero-order valence-corrected chi connectivity index (χ0v) is 14.3. The number of nitrogens with one attached hydrogen (secondary N) is 1. The molecule has 0 radical (unpaired) electrons. The predicted octanol–water partition coefficient (Wildman–Crippen LogP) is 3.93. The highest BCUT2D eigenvalue weighted by Gasteiger charge is 2.22. The summed E-state index contributed by atoms with van der Waals surface area (Å²) in [5, 5.41) is 14.2. The van der Waals surface area contributed by atoms with Gasteiger partial charge in [0.25, 0.3) is 5.91 Å². The lowest BCUT2D eigenvalue weighted by molar-refractivity contribution is 0.0697. The van der Waals surface area contributed by atoms with Crippen LogP contribution in [0.3, 0.4) is 0 Å². The number of thiophene rings is 1. The second-order valence-corrected chi connectivity index (χ2v) is 7.11. The number of amides is 1. The van der Waals surface area contributed by atoms with E-state index >= 15 is 0 Å². The molecule has 6 heteroatoms. The third-order valence-electron chi connectivity index (χ3n) is 4.23. The van der Waals surface area contributed by atoms with Crippen molar-refractivity contribution in [1.82, 2.24) is 0 Å². The molecule has 1 atom stereocenters. The lowest BCUT2D eigenvalue weighted by Crippen LogP contribution is -2.35. The molecule has 24 heavy (non-hydrogen) atoms. The molecule has 2 aromatic rings. The van der Waals surface area contributed by atoms with Crippen molar-refractivity contribution < 1.29 is 14.7 Å². The lowest BCUT2D eigenvalue weighted by Gasteiger charge is -2.33. The van der Waals surface area contributed by atoms with Gasteiger partial charge in [0.2, 0.25) is 0 Å². The van der Waals surface area contributed by atoms with Gasteiger partial charge in [0.15, 0.2) is 0 Å². The van der Waals surface area contributed by atoms with Crippen LogP contribution in [0.1, 0.15) is 39.8 Å². The Morgan fingerprint density at radius 1 is 1.33 bits per heavy atom. The van der Waals surface area contributed by atoms with E-state index in [0.29, 0.717) is 16.5 Å². The van der Waals surface area contributed by atoms with Crippen molar-refractivity contribution in [3.63, 3.8) is 0 Å². The number of aromatic carboxylic acids is 1. The molecule has 1 unspecified atom stereocenters. The Bertz CT molecular complexity index is 743. The van der Waals surface area contributed by atoms with E-state index in [1.807, 2.05) is 11.4 Å². The third-order valence-corrected chi connectivity index (χ3v) is 5.10. The minimum atomic E-state index is -0.976. The van der Waals surface area contributed by atoms with E-state index in [4.69, 9.17) is 0 Å². The molecular formula is C18H20N2O3S. The van der Waals surface area contributed by atoms with Gasteiger partial charge in [-0.25, -0.2) is 4.79 Å². The fourth-order valence-corrected chi connectivity index (χ4v) is 3.69. The summed E-state index contributed by atoms with van der Waals surface area (Å²) in [7, 11) is 0. The van der Waals surface area contributed by atoms with Gasteiger partial charge < -0.3 is 15.3 Å². The second-order valence-electron chi connectivity index (χ2n) is 6.16. The van der Waals surface area contributed by atoms with Crippen LogP contribution in [0, 0.1) is 5.92 Å². The van der Waals surface area contributed by atoms with Crippen molar-refractivity contribution in [3.05, 3.63) is 46.2 Å². The molecule has 2 N–H and O–H groups in total. The average molecular weight is 344 g/mol. The number of hydrogen-bond donors (Lipinski definition) is 2. The van der Waals surface area contributed by atoms with E-state index in [2.05, 4.69) is 17.1 Å². The topological polar surface area (TPSA) is 69.6 Å². The van der Waals surface area contributed by atoms with Crippen molar-refractivity contribution in [1.29, 1.82) is 0 Å². The fourth-order valence-electron chi connectivity index (χ4n) is 3.07. The standard InChI is InChI=1S/C18H20N2O3S/c1-12-4-2-8-20(11-12)15-7-6-13(10-14(15)18(22)23)19-17(21)16-5-3-9-24-16/h3,5-7,9-10,12H,2,4,8,11H2,1H3,(H,19,21)(H,22,23). The molecule has 0 bridgehead atoms. The SMILES string of the molecule is CC1CCCN(c2ccc(NC(=O)c3cccs3)cc2C(=O)O)C1. The average Bonchev–Trinajstić information content (AvgIpc) is 3.09. The van der Waals surface area contributed by atoms with Crippen LogP contribution in [-0.4, -0.2) is 30.1 Å². The minimum Gasteiger partial charge on any atom is -0.478 e. The summed E-state index contributed by atoms with van der Waals surface area (Å²) < 4.78 is 0. The first-order chi connectivity index (χ1) is 11.5. The molecule has 1 aliphatic heterocycles. The van der Waals surface area contributed by atoms with Crippen LogP contribution >= 0.6 is 11.3 Å². The number of carboxylic acids is 1. The van der Waals surface area contributed by atoms with Gasteiger partial charge in [0, 0.05) is 18.8 Å². The van der Waals surface area contributed by atoms with Crippen molar-refractivity contribution in [2.75, 3.05) is 23.3 Å². The minimum absolute atomic E-state index is 0.222. The molecule has 1 aromatic heterocycles. The first kappa shape index (κ1) is 16.5. The number of carbonyl (C=O) groups is 2. The Balaban J connectivity index is 1.84. The Kier molecular flexibility index (Phi) is 4.85. The normalized spacial score (nSPS) is 17.5. The largest absolute Gasteiger partial charge is 0.478 e. The van der Waals surface area contributed by atoms with Crippen molar-refractivity contribution >= 4 is 34.6 Å². The van der Waals surface area contributed by atoms with Gasteiger partial charge in [-0.1, -0.05) is 13.0 Å². The Hall–Kier alpha value is -2.34. The van der Waals surface area contributed by atoms with Gasteiger partial charge in [0.1, 0.15) is 0 Å². The molecule has 1 aliphatic rings. The van der Waals surface area contributed by atoms with Gasteiger partial charge in [-0.2, -0.15) is 0 Å². The molecule has 0 spiro atoms. The molecule has 0 saturated carbocycles. The molecule has 126 valence electrons. The molecule has 1 amide bonds. The number of anilines is 2. The smallest absolute Gasteiger partial charge is 0.337 e. The summed E-state index contributed by atoms with van der Waals surface area (Å²) in [6.07, 6.45) is 2.24. The molecular weight excluding hydrogens is 324 g/mol.